The molecule has 4 heterocycles. The number of nitrogens with zero attached hydrogens (tertiary/aromatic N) is 7. The first kappa shape index (κ1) is 13.8. The summed E-state index contributed by atoms with van der Waals surface area (Å²) in [5.41, 5.74) is 0.612. The number of anilines is 1. The monoisotopic (exact) mass is 336 g/mol. The second-order valence-corrected chi connectivity index (χ2v) is 6.93. The van der Waals surface area contributed by atoms with E-state index in [0.29, 0.717) is 5.65 Å². The van der Waals surface area contributed by atoms with Gasteiger partial charge in [0.2, 0.25) is 5.13 Å². The van der Waals surface area contributed by atoms with Gasteiger partial charge in [-0.2, -0.15) is 0 Å². The average Bonchev–Trinajstić information content (AvgIpc) is 3.27. The summed E-state index contributed by atoms with van der Waals surface area (Å²) in [5, 5.41) is 28.5. The van der Waals surface area contributed by atoms with Crippen LogP contribution in [0.2, 0.25) is 0 Å². The molecule has 1 N–H and O–H groups in total. The Morgan fingerprint density at radius 1 is 1.36 bits per heavy atom. The zero-order valence-electron chi connectivity index (χ0n) is 11.4. The first-order valence-electron chi connectivity index (χ1n) is 6.79. The summed E-state index contributed by atoms with van der Waals surface area (Å²) in [7, 11) is 0. The smallest absolute Gasteiger partial charge is 0.206 e. The molecule has 1 saturated heterocycles. The van der Waals surface area contributed by atoms with Crippen LogP contribution in [0.25, 0.3) is 5.65 Å². The van der Waals surface area contributed by atoms with Gasteiger partial charge < -0.3 is 10.1 Å². The first-order chi connectivity index (χ1) is 10.9. The van der Waals surface area contributed by atoms with E-state index in [1.807, 2.05) is 12.1 Å². The first-order valence-corrected chi connectivity index (χ1v) is 8.42. The van der Waals surface area contributed by atoms with Gasteiger partial charge in [0.25, 0.3) is 0 Å². The number of aromatic nitrogens is 7. The number of nitrogens with one attached hydrogen (secondary N) is 1. The molecule has 3 aromatic rings. The molecule has 1 unspecified atom stereocenters. The lowest BCUT2D eigenvalue weighted by molar-refractivity contribution is 0.120. The summed E-state index contributed by atoms with van der Waals surface area (Å²) in [6, 6.07) is 3.67. The van der Waals surface area contributed by atoms with Crippen LogP contribution in [0.15, 0.2) is 21.5 Å². The van der Waals surface area contributed by atoms with Crippen LogP contribution in [0.3, 0.4) is 0 Å². The van der Waals surface area contributed by atoms with Gasteiger partial charge in [0.1, 0.15) is 5.03 Å². The highest BCUT2D eigenvalue weighted by Gasteiger charge is 2.16. The highest BCUT2D eigenvalue weighted by atomic mass is 32.2. The second-order valence-electron chi connectivity index (χ2n) is 4.69. The number of fused-ring (bicyclic) bond motifs is 1. The van der Waals surface area contributed by atoms with Crippen molar-refractivity contribution >= 4 is 33.9 Å². The summed E-state index contributed by atoms with van der Waals surface area (Å²) < 4.78 is 7.77. The van der Waals surface area contributed by atoms with Gasteiger partial charge in [-0.25, -0.2) is 0 Å². The number of hydrogen-bond acceptors (Lipinski definition) is 10. The molecular weight excluding hydrogens is 324 g/mol. The van der Waals surface area contributed by atoms with Gasteiger partial charge in [0.05, 0.1) is 6.10 Å². The Balaban J connectivity index is 1.40. The molecule has 3 aromatic heterocycles. The van der Waals surface area contributed by atoms with Crippen molar-refractivity contribution in [1.82, 2.24) is 35.5 Å². The molecule has 11 heteroatoms. The summed E-state index contributed by atoms with van der Waals surface area (Å²) in [4.78, 5) is 0. The minimum Gasteiger partial charge on any atom is -0.376 e. The normalized spacial score (nSPS) is 18.1. The molecule has 1 aliphatic heterocycles. The van der Waals surface area contributed by atoms with E-state index in [-0.39, 0.29) is 6.10 Å². The van der Waals surface area contributed by atoms with Crippen molar-refractivity contribution in [2.45, 2.75) is 28.3 Å². The van der Waals surface area contributed by atoms with E-state index in [2.05, 4.69) is 36.1 Å². The van der Waals surface area contributed by atoms with E-state index in [1.54, 1.807) is 0 Å². The Morgan fingerprint density at radius 3 is 3.27 bits per heavy atom. The predicted molar refractivity (Wildman–Crippen MR) is 80.1 cm³/mol. The zero-order chi connectivity index (χ0) is 14.8. The van der Waals surface area contributed by atoms with Crippen LogP contribution < -0.4 is 5.32 Å². The summed E-state index contributed by atoms with van der Waals surface area (Å²) >= 11 is 2.92. The van der Waals surface area contributed by atoms with Crippen molar-refractivity contribution in [1.29, 1.82) is 0 Å². The van der Waals surface area contributed by atoms with E-state index < -0.39 is 0 Å². The molecule has 22 heavy (non-hydrogen) atoms. The summed E-state index contributed by atoms with van der Waals surface area (Å²) in [5.74, 6) is 0. The molecule has 1 aliphatic rings. The molecule has 0 aliphatic carbocycles. The number of ether oxygens (including phenoxy) is 1. The van der Waals surface area contributed by atoms with Crippen LogP contribution in [-0.2, 0) is 4.74 Å². The molecule has 4 rings (SSSR count). The third kappa shape index (κ3) is 3.00. The quantitative estimate of drug-likeness (QED) is 0.733. The van der Waals surface area contributed by atoms with Gasteiger partial charge >= 0.3 is 0 Å². The minimum absolute atomic E-state index is 0.281. The van der Waals surface area contributed by atoms with Gasteiger partial charge in [-0.05, 0) is 47.2 Å². The third-order valence-electron chi connectivity index (χ3n) is 3.15. The van der Waals surface area contributed by atoms with Crippen molar-refractivity contribution in [3.63, 3.8) is 0 Å². The van der Waals surface area contributed by atoms with Crippen molar-refractivity contribution < 1.29 is 4.74 Å². The Bertz CT molecular complexity index is 768. The maximum atomic E-state index is 5.57. The van der Waals surface area contributed by atoms with Crippen LogP contribution in [0, 0.1) is 0 Å². The average molecular weight is 336 g/mol. The Hall–Kier alpha value is -1.85. The van der Waals surface area contributed by atoms with Crippen molar-refractivity contribution in [3.8, 4) is 0 Å². The molecule has 114 valence electrons. The lowest BCUT2D eigenvalue weighted by Crippen LogP contribution is -2.18. The summed E-state index contributed by atoms with van der Waals surface area (Å²) in [6.07, 6.45) is 2.52. The van der Waals surface area contributed by atoms with Crippen molar-refractivity contribution in [2.24, 2.45) is 0 Å². The largest absolute Gasteiger partial charge is 0.376 e. The summed E-state index contributed by atoms with van der Waals surface area (Å²) in [6.45, 7) is 1.63. The molecule has 1 atom stereocenters. The van der Waals surface area contributed by atoms with Gasteiger partial charge in [-0.1, -0.05) is 11.3 Å². The highest BCUT2D eigenvalue weighted by molar-refractivity contribution is 8.01. The standard InChI is InChI=1S/C11H12N8OS2/c1-2-7(20-5-1)6-12-10-14-15-11(22-10)21-9-4-3-8-13-17-18-19(8)16-9/h3-4,7H,1-2,5-6H2,(H,12,14). The molecular formula is C11H12N8OS2. The van der Waals surface area contributed by atoms with Crippen LogP contribution in [-0.4, -0.2) is 54.7 Å². The van der Waals surface area contributed by atoms with Gasteiger partial charge in [-0.3, -0.25) is 0 Å². The SMILES string of the molecule is c1cc2nnnn2nc1Sc1nnc(NCC2CCCO2)s1. The van der Waals surface area contributed by atoms with E-state index in [4.69, 9.17) is 4.74 Å². The van der Waals surface area contributed by atoms with Gasteiger partial charge in [0.15, 0.2) is 9.99 Å². The van der Waals surface area contributed by atoms with Crippen LogP contribution in [0.5, 0.6) is 0 Å². The molecule has 0 amide bonds. The number of tetrazole rings is 1. The number of rotatable bonds is 5. The maximum Gasteiger partial charge on any atom is 0.206 e. The molecule has 0 spiro atoms. The molecule has 0 aromatic carbocycles. The Labute approximate surface area is 133 Å². The molecule has 1 fully saturated rings. The molecule has 0 radical (unpaired) electrons. The van der Waals surface area contributed by atoms with Crippen LogP contribution in [0.1, 0.15) is 12.8 Å². The fourth-order valence-corrected chi connectivity index (χ4v) is 3.76. The third-order valence-corrected chi connectivity index (χ3v) is 5.01. The molecule has 9 nitrogen and oxygen atoms in total. The topological polar surface area (TPSA) is 103 Å². The van der Waals surface area contributed by atoms with Gasteiger partial charge in [0, 0.05) is 13.2 Å². The van der Waals surface area contributed by atoms with Crippen molar-refractivity contribution in [2.75, 3.05) is 18.5 Å². The Morgan fingerprint density at radius 2 is 2.36 bits per heavy atom. The second kappa shape index (κ2) is 6.10. The lowest BCUT2D eigenvalue weighted by atomic mass is 10.2. The highest BCUT2D eigenvalue weighted by Crippen LogP contribution is 2.30. The molecule has 0 bridgehead atoms. The fourth-order valence-electron chi connectivity index (χ4n) is 2.11. The van der Waals surface area contributed by atoms with E-state index >= 15 is 0 Å². The van der Waals surface area contributed by atoms with Crippen LogP contribution >= 0.6 is 23.1 Å². The maximum absolute atomic E-state index is 5.57. The Kier molecular flexibility index (Phi) is 3.83. The zero-order valence-corrected chi connectivity index (χ0v) is 13.0. The van der Waals surface area contributed by atoms with E-state index in [0.717, 1.165) is 40.5 Å². The van der Waals surface area contributed by atoms with Gasteiger partial charge in [-0.15, -0.1) is 25.0 Å². The van der Waals surface area contributed by atoms with Crippen molar-refractivity contribution in [3.05, 3.63) is 12.1 Å². The molecule has 0 saturated carbocycles. The van der Waals surface area contributed by atoms with E-state index in [1.165, 1.54) is 27.7 Å². The number of hydrogen-bond donors (Lipinski definition) is 1. The fraction of sp³-hybridized carbons (Fsp3) is 0.455. The van der Waals surface area contributed by atoms with E-state index in [9.17, 15) is 0 Å². The lowest BCUT2D eigenvalue weighted by Gasteiger charge is -2.08. The minimum atomic E-state index is 0.281. The van der Waals surface area contributed by atoms with Crippen LogP contribution in [0.4, 0.5) is 5.13 Å². The predicted octanol–water partition coefficient (Wildman–Crippen LogP) is 1.11.